The minimum absolute atomic E-state index is 0.624. The molecule has 0 saturated carbocycles. The Labute approximate surface area is 132 Å². The predicted molar refractivity (Wildman–Crippen MR) is 93.2 cm³/mol. The van der Waals surface area contributed by atoms with E-state index in [2.05, 4.69) is 32.0 Å². The van der Waals surface area contributed by atoms with Gasteiger partial charge in [-0.25, -0.2) is 4.98 Å². The molecule has 3 aromatic rings. The van der Waals surface area contributed by atoms with Crippen molar-refractivity contribution in [1.29, 1.82) is 0 Å². The summed E-state index contributed by atoms with van der Waals surface area (Å²) >= 11 is 3.54. The number of thiophene rings is 1. The smallest absolute Gasteiger partial charge is 0.127 e. The minimum Gasteiger partial charge on any atom is -0.390 e. The van der Waals surface area contributed by atoms with Crippen LogP contribution in [0, 0.1) is 5.92 Å². The zero-order valence-electron chi connectivity index (χ0n) is 12.2. The van der Waals surface area contributed by atoms with E-state index in [4.69, 9.17) is 10.7 Å². The fourth-order valence-corrected chi connectivity index (χ4v) is 5.74. The number of nitrogens with zero attached hydrogens (tertiary/aromatic N) is 1. The lowest BCUT2D eigenvalue weighted by molar-refractivity contribution is 0.457. The molecule has 21 heavy (non-hydrogen) atoms. The van der Waals surface area contributed by atoms with Gasteiger partial charge in [-0.05, 0) is 42.4 Å². The van der Waals surface area contributed by atoms with E-state index in [0.717, 1.165) is 27.9 Å². The van der Waals surface area contributed by atoms with Crippen molar-refractivity contribution < 1.29 is 0 Å². The van der Waals surface area contributed by atoms with Crippen molar-refractivity contribution in [3.63, 3.8) is 0 Å². The van der Waals surface area contributed by atoms with Crippen LogP contribution in [0.2, 0.25) is 0 Å². The molecule has 0 spiro atoms. The topological polar surface area (TPSA) is 38.9 Å². The van der Waals surface area contributed by atoms with E-state index in [0.29, 0.717) is 5.92 Å². The molecule has 2 aromatic heterocycles. The molecule has 1 aliphatic rings. The highest BCUT2D eigenvalue weighted by molar-refractivity contribution is 7.22. The quantitative estimate of drug-likeness (QED) is 0.662. The summed E-state index contributed by atoms with van der Waals surface area (Å²) in [6, 6.07) is 8.33. The van der Waals surface area contributed by atoms with E-state index in [1.54, 1.807) is 22.7 Å². The van der Waals surface area contributed by atoms with Crippen LogP contribution in [0.3, 0.4) is 0 Å². The van der Waals surface area contributed by atoms with Gasteiger partial charge in [-0.1, -0.05) is 26.0 Å². The molecule has 0 fully saturated rings. The second-order valence-electron chi connectivity index (χ2n) is 6.12. The standard InChI is InChI=1S/C17H18N2S2/c1-9-7-10(2)15-11(8-9)14(16(18)21-15)17-19-12-5-3-4-6-13(12)20-17/h3-6,9-10H,7-8,18H2,1-2H3. The summed E-state index contributed by atoms with van der Waals surface area (Å²) in [5.41, 5.74) is 10.1. The number of nitrogens with two attached hydrogens (primary N) is 1. The summed E-state index contributed by atoms with van der Waals surface area (Å²) < 4.78 is 1.24. The summed E-state index contributed by atoms with van der Waals surface area (Å²) in [6.45, 7) is 4.67. The van der Waals surface area contributed by atoms with Crippen molar-refractivity contribution in [2.45, 2.75) is 32.6 Å². The highest BCUT2D eigenvalue weighted by Crippen LogP contribution is 2.49. The molecule has 4 heteroatoms. The average molecular weight is 314 g/mol. The molecule has 2 N–H and O–H groups in total. The van der Waals surface area contributed by atoms with Gasteiger partial charge < -0.3 is 5.73 Å². The van der Waals surface area contributed by atoms with E-state index in [-0.39, 0.29) is 0 Å². The van der Waals surface area contributed by atoms with Crippen molar-refractivity contribution in [2.24, 2.45) is 5.92 Å². The summed E-state index contributed by atoms with van der Waals surface area (Å²) in [5, 5.41) is 2.03. The normalized spacial score (nSPS) is 21.6. The molecule has 0 aliphatic heterocycles. The lowest BCUT2D eigenvalue weighted by atomic mass is 9.82. The Morgan fingerprint density at radius 1 is 1.19 bits per heavy atom. The summed E-state index contributed by atoms with van der Waals surface area (Å²) in [6.07, 6.45) is 2.41. The molecule has 0 radical (unpaired) electrons. The molecular weight excluding hydrogens is 296 g/mol. The highest BCUT2D eigenvalue weighted by Gasteiger charge is 2.29. The molecule has 2 nitrogen and oxygen atoms in total. The Morgan fingerprint density at radius 3 is 2.81 bits per heavy atom. The Morgan fingerprint density at radius 2 is 2.00 bits per heavy atom. The van der Waals surface area contributed by atoms with Crippen LogP contribution in [-0.2, 0) is 6.42 Å². The van der Waals surface area contributed by atoms with E-state index in [9.17, 15) is 0 Å². The Balaban J connectivity index is 1.92. The number of para-hydroxylation sites is 1. The van der Waals surface area contributed by atoms with Gasteiger partial charge in [0.05, 0.1) is 15.2 Å². The molecule has 2 unspecified atom stereocenters. The van der Waals surface area contributed by atoms with Crippen LogP contribution in [0.5, 0.6) is 0 Å². The van der Waals surface area contributed by atoms with Crippen LogP contribution in [0.15, 0.2) is 24.3 Å². The largest absolute Gasteiger partial charge is 0.390 e. The van der Waals surface area contributed by atoms with Crippen LogP contribution in [-0.4, -0.2) is 4.98 Å². The SMILES string of the molecule is CC1Cc2c(sc(N)c2-c2nc3ccccc3s2)C(C)C1. The molecular formula is C17H18N2S2. The van der Waals surface area contributed by atoms with E-state index in [1.807, 2.05) is 6.07 Å². The number of nitrogen functional groups attached to an aromatic ring is 1. The predicted octanol–water partition coefficient (Wildman–Crippen LogP) is 5.29. The summed E-state index contributed by atoms with van der Waals surface area (Å²) in [4.78, 5) is 6.31. The summed E-state index contributed by atoms with van der Waals surface area (Å²) in [5.74, 6) is 1.36. The number of anilines is 1. The van der Waals surface area contributed by atoms with E-state index < -0.39 is 0 Å². The summed E-state index contributed by atoms with van der Waals surface area (Å²) in [7, 11) is 0. The van der Waals surface area contributed by atoms with Gasteiger partial charge >= 0.3 is 0 Å². The molecule has 108 valence electrons. The fraction of sp³-hybridized carbons (Fsp3) is 0.353. The van der Waals surface area contributed by atoms with Gasteiger partial charge in [0.15, 0.2) is 0 Å². The first kappa shape index (κ1) is 13.3. The average Bonchev–Trinajstić information content (AvgIpc) is 2.98. The Hall–Kier alpha value is -1.39. The third-order valence-electron chi connectivity index (χ3n) is 4.33. The van der Waals surface area contributed by atoms with Crippen LogP contribution in [0.4, 0.5) is 5.00 Å². The Kier molecular flexibility index (Phi) is 3.05. The van der Waals surface area contributed by atoms with Crippen molar-refractivity contribution in [3.05, 3.63) is 34.7 Å². The number of aromatic nitrogens is 1. The third-order valence-corrected chi connectivity index (χ3v) is 6.68. The first-order valence-corrected chi connectivity index (χ1v) is 9.03. The first-order valence-electron chi connectivity index (χ1n) is 7.40. The van der Waals surface area contributed by atoms with Gasteiger partial charge in [-0.2, -0.15) is 0 Å². The lowest BCUT2D eigenvalue weighted by Gasteiger charge is -2.24. The van der Waals surface area contributed by atoms with Crippen molar-refractivity contribution in [3.8, 4) is 10.6 Å². The monoisotopic (exact) mass is 314 g/mol. The molecule has 1 aromatic carbocycles. The second kappa shape index (κ2) is 4.82. The first-order chi connectivity index (χ1) is 10.1. The second-order valence-corrected chi connectivity index (χ2v) is 8.23. The van der Waals surface area contributed by atoms with Crippen LogP contribution in [0.1, 0.15) is 36.6 Å². The van der Waals surface area contributed by atoms with Crippen molar-refractivity contribution in [1.82, 2.24) is 4.98 Å². The Bertz CT molecular complexity index is 782. The van der Waals surface area contributed by atoms with E-state index >= 15 is 0 Å². The van der Waals surface area contributed by atoms with E-state index in [1.165, 1.54) is 27.1 Å². The number of thiazole rings is 1. The molecule has 2 heterocycles. The van der Waals surface area contributed by atoms with Crippen LogP contribution >= 0.6 is 22.7 Å². The van der Waals surface area contributed by atoms with Gasteiger partial charge in [0.1, 0.15) is 5.01 Å². The number of hydrogen-bond donors (Lipinski definition) is 1. The number of rotatable bonds is 1. The molecule has 2 atom stereocenters. The van der Waals surface area contributed by atoms with Gasteiger partial charge in [-0.3, -0.25) is 0 Å². The van der Waals surface area contributed by atoms with Gasteiger partial charge in [0.2, 0.25) is 0 Å². The highest BCUT2D eigenvalue weighted by atomic mass is 32.1. The number of hydrogen-bond acceptors (Lipinski definition) is 4. The zero-order chi connectivity index (χ0) is 14.6. The molecule has 0 bridgehead atoms. The van der Waals surface area contributed by atoms with Crippen molar-refractivity contribution in [2.75, 3.05) is 5.73 Å². The molecule has 4 rings (SSSR count). The minimum atomic E-state index is 0.624. The fourth-order valence-electron chi connectivity index (χ4n) is 3.46. The van der Waals surface area contributed by atoms with Gasteiger partial charge in [0, 0.05) is 10.4 Å². The van der Waals surface area contributed by atoms with Gasteiger partial charge in [0.25, 0.3) is 0 Å². The molecule has 0 saturated heterocycles. The van der Waals surface area contributed by atoms with Gasteiger partial charge in [-0.15, -0.1) is 22.7 Å². The zero-order valence-corrected chi connectivity index (χ0v) is 13.9. The van der Waals surface area contributed by atoms with Crippen LogP contribution in [0.25, 0.3) is 20.8 Å². The maximum atomic E-state index is 6.37. The maximum Gasteiger partial charge on any atom is 0.127 e. The molecule has 1 aliphatic carbocycles. The van der Waals surface area contributed by atoms with Crippen molar-refractivity contribution >= 4 is 37.9 Å². The number of benzene rings is 1. The lowest BCUT2D eigenvalue weighted by Crippen LogP contribution is -2.12. The third kappa shape index (κ3) is 2.09. The molecule has 0 amide bonds. The maximum absolute atomic E-state index is 6.37. The van der Waals surface area contributed by atoms with Crippen LogP contribution < -0.4 is 5.73 Å². The number of fused-ring (bicyclic) bond motifs is 2.